The Kier molecular flexibility index (Phi) is 6.89. The third-order valence-corrected chi connectivity index (χ3v) is 8.58. The molecule has 1 heterocycles. The number of nitrogens with one attached hydrogen (secondary N) is 2. The van der Waals surface area contributed by atoms with E-state index in [2.05, 4.69) is 14.4 Å². The zero-order valence-corrected chi connectivity index (χ0v) is 22.4. The number of ether oxygens (including phenoxy) is 2. The van der Waals surface area contributed by atoms with Crippen molar-refractivity contribution in [1.29, 1.82) is 0 Å². The largest absolute Gasteiger partial charge is 0.495 e. The minimum Gasteiger partial charge on any atom is -0.495 e. The van der Waals surface area contributed by atoms with Crippen LogP contribution >= 0.6 is 0 Å². The molecule has 0 atom stereocenters. The molecule has 10 nitrogen and oxygen atoms in total. The highest BCUT2D eigenvalue weighted by Crippen LogP contribution is 2.30. The first-order chi connectivity index (χ1) is 18.7. The van der Waals surface area contributed by atoms with Crippen LogP contribution in [0.15, 0.2) is 105 Å². The number of oxazole rings is 1. The number of nitrogens with zero attached hydrogens (tertiary/aromatic N) is 1. The summed E-state index contributed by atoms with van der Waals surface area (Å²) in [5.74, 6) is 0.745. The molecule has 0 unspecified atom stereocenters. The minimum absolute atomic E-state index is 0.00913. The van der Waals surface area contributed by atoms with E-state index < -0.39 is 20.0 Å². The fourth-order valence-corrected chi connectivity index (χ4v) is 6.35. The number of sulfonamides is 2. The fourth-order valence-electron chi connectivity index (χ4n) is 3.90. The molecular formula is C27H23N3O7S2. The van der Waals surface area contributed by atoms with Crippen LogP contribution in [0.3, 0.4) is 0 Å². The molecule has 39 heavy (non-hydrogen) atoms. The van der Waals surface area contributed by atoms with Crippen molar-refractivity contribution in [3.63, 3.8) is 0 Å². The van der Waals surface area contributed by atoms with E-state index in [9.17, 15) is 16.8 Å². The molecule has 12 heteroatoms. The number of hydrogen-bond acceptors (Lipinski definition) is 8. The zero-order chi connectivity index (χ0) is 27.6. The Hall–Kier alpha value is -4.55. The molecule has 1 aromatic heterocycles. The van der Waals surface area contributed by atoms with Crippen molar-refractivity contribution < 1.29 is 30.7 Å². The summed E-state index contributed by atoms with van der Waals surface area (Å²) in [5, 5.41) is 0. The summed E-state index contributed by atoms with van der Waals surface area (Å²) in [5.41, 5.74) is 2.13. The van der Waals surface area contributed by atoms with Gasteiger partial charge in [-0.1, -0.05) is 24.3 Å². The van der Waals surface area contributed by atoms with Crippen LogP contribution in [0.4, 0.5) is 11.4 Å². The van der Waals surface area contributed by atoms with Crippen LogP contribution in [0.1, 0.15) is 0 Å². The lowest BCUT2D eigenvalue weighted by Gasteiger charge is -2.11. The molecule has 0 saturated carbocycles. The van der Waals surface area contributed by atoms with Gasteiger partial charge in [0.2, 0.25) is 5.89 Å². The van der Waals surface area contributed by atoms with Gasteiger partial charge in [0.15, 0.2) is 5.58 Å². The van der Waals surface area contributed by atoms with E-state index in [1.807, 2.05) is 0 Å². The molecule has 0 bridgehead atoms. The number of fused-ring (bicyclic) bond motifs is 1. The lowest BCUT2D eigenvalue weighted by molar-refractivity contribution is 0.402. The number of hydrogen-bond donors (Lipinski definition) is 2. The van der Waals surface area contributed by atoms with E-state index in [-0.39, 0.29) is 27.2 Å². The SMILES string of the molecule is COc1ccccc1S(=O)(=O)Nc1ccc(-c2nc3cc(NS(=O)(=O)c4ccccc4OC)ccc3o2)cc1. The third-order valence-electron chi connectivity index (χ3n) is 5.74. The Balaban J connectivity index is 1.36. The number of benzene rings is 4. The van der Waals surface area contributed by atoms with Crippen LogP contribution in [0.25, 0.3) is 22.6 Å². The Morgan fingerprint density at radius 3 is 1.74 bits per heavy atom. The molecular weight excluding hydrogens is 542 g/mol. The summed E-state index contributed by atoms with van der Waals surface area (Å²) >= 11 is 0. The lowest BCUT2D eigenvalue weighted by Crippen LogP contribution is -2.13. The molecule has 0 aliphatic rings. The fraction of sp³-hybridized carbons (Fsp3) is 0.0741. The van der Waals surface area contributed by atoms with Crippen molar-refractivity contribution in [2.45, 2.75) is 9.79 Å². The highest BCUT2D eigenvalue weighted by molar-refractivity contribution is 7.93. The molecule has 5 aromatic rings. The number of methoxy groups -OCH3 is 2. The minimum atomic E-state index is -3.91. The van der Waals surface area contributed by atoms with Gasteiger partial charge in [-0.3, -0.25) is 9.44 Å². The topological polar surface area (TPSA) is 137 Å². The standard InChI is InChI=1S/C27H23N3O7S2/c1-35-23-7-3-5-9-25(23)38(31,32)29-19-13-11-18(12-14-19)27-28-21-17-20(15-16-22(21)37-27)30-39(33,34)26-10-6-4-8-24(26)36-2/h3-17,29-30H,1-2H3. The first kappa shape index (κ1) is 26.1. The molecule has 0 radical (unpaired) electrons. The van der Waals surface area contributed by atoms with Gasteiger partial charge in [0.25, 0.3) is 20.0 Å². The van der Waals surface area contributed by atoms with Crippen molar-refractivity contribution in [2.75, 3.05) is 23.7 Å². The summed E-state index contributed by atoms with van der Waals surface area (Å²) in [6.45, 7) is 0. The normalized spacial score (nSPS) is 11.7. The number of para-hydroxylation sites is 2. The van der Waals surface area contributed by atoms with Gasteiger partial charge in [-0.25, -0.2) is 21.8 Å². The summed E-state index contributed by atoms with van der Waals surface area (Å²) in [7, 11) is -4.98. The Morgan fingerprint density at radius 1 is 0.667 bits per heavy atom. The van der Waals surface area contributed by atoms with E-state index in [0.29, 0.717) is 28.0 Å². The molecule has 0 fully saturated rings. The van der Waals surface area contributed by atoms with Gasteiger partial charge in [-0.15, -0.1) is 0 Å². The van der Waals surface area contributed by atoms with Gasteiger partial charge >= 0.3 is 0 Å². The molecule has 0 spiro atoms. The quantitative estimate of drug-likeness (QED) is 0.251. The molecule has 0 aliphatic carbocycles. The van der Waals surface area contributed by atoms with E-state index in [1.165, 1.54) is 26.4 Å². The van der Waals surface area contributed by atoms with Crippen LogP contribution in [-0.2, 0) is 20.0 Å². The van der Waals surface area contributed by atoms with Crippen molar-refractivity contribution in [2.24, 2.45) is 0 Å². The Bertz CT molecular complexity index is 1870. The molecule has 0 aliphatic heterocycles. The number of rotatable bonds is 9. The molecule has 0 amide bonds. The predicted molar refractivity (Wildman–Crippen MR) is 147 cm³/mol. The monoisotopic (exact) mass is 565 g/mol. The van der Waals surface area contributed by atoms with Gasteiger partial charge in [0.05, 0.1) is 19.9 Å². The Morgan fingerprint density at radius 2 is 1.18 bits per heavy atom. The van der Waals surface area contributed by atoms with Gasteiger partial charge in [0, 0.05) is 11.3 Å². The second-order valence-electron chi connectivity index (χ2n) is 8.29. The molecule has 0 saturated heterocycles. The van der Waals surface area contributed by atoms with E-state index in [0.717, 1.165) is 0 Å². The van der Waals surface area contributed by atoms with Gasteiger partial charge in [0.1, 0.15) is 26.8 Å². The van der Waals surface area contributed by atoms with E-state index in [1.54, 1.807) is 78.9 Å². The average Bonchev–Trinajstić information content (AvgIpc) is 3.36. The summed E-state index contributed by atoms with van der Waals surface area (Å²) < 4.78 is 72.7. The zero-order valence-electron chi connectivity index (χ0n) is 20.8. The van der Waals surface area contributed by atoms with E-state index in [4.69, 9.17) is 13.9 Å². The van der Waals surface area contributed by atoms with Crippen LogP contribution in [0.2, 0.25) is 0 Å². The second kappa shape index (κ2) is 10.3. The molecule has 5 rings (SSSR count). The van der Waals surface area contributed by atoms with Gasteiger partial charge < -0.3 is 13.9 Å². The molecule has 200 valence electrons. The highest BCUT2D eigenvalue weighted by atomic mass is 32.2. The van der Waals surface area contributed by atoms with Crippen molar-refractivity contribution >= 4 is 42.5 Å². The lowest BCUT2D eigenvalue weighted by atomic mass is 10.2. The number of aromatic nitrogens is 1. The number of anilines is 2. The summed E-state index contributed by atoms with van der Waals surface area (Å²) in [4.78, 5) is 4.50. The van der Waals surface area contributed by atoms with Crippen molar-refractivity contribution in [1.82, 2.24) is 4.98 Å². The van der Waals surface area contributed by atoms with Crippen molar-refractivity contribution in [3.8, 4) is 23.0 Å². The predicted octanol–water partition coefficient (Wildman–Crippen LogP) is 5.11. The first-order valence-corrected chi connectivity index (χ1v) is 14.5. The average molecular weight is 566 g/mol. The second-order valence-corrected chi connectivity index (χ2v) is 11.6. The maximum absolute atomic E-state index is 12.9. The summed E-state index contributed by atoms with van der Waals surface area (Å²) in [6, 6.07) is 23.9. The van der Waals surface area contributed by atoms with Crippen LogP contribution in [0.5, 0.6) is 11.5 Å². The highest BCUT2D eigenvalue weighted by Gasteiger charge is 2.21. The van der Waals surface area contributed by atoms with Crippen LogP contribution in [0, 0.1) is 0 Å². The summed E-state index contributed by atoms with van der Waals surface area (Å²) in [6.07, 6.45) is 0. The van der Waals surface area contributed by atoms with Crippen LogP contribution < -0.4 is 18.9 Å². The molecule has 4 aromatic carbocycles. The van der Waals surface area contributed by atoms with Crippen LogP contribution in [-0.4, -0.2) is 36.0 Å². The van der Waals surface area contributed by atoms with Gasteiger partial charge in [-0.2, -0.15) is 0 Å². The Labute approximate surface area is 225 Å². The third kappa shape index (κ3) is 5.38. The van der Waals surface area contributed by atoms with Crippen molar-refractivity contribution in [3.05, 3.63) is 91.0 Å². The molecule has 2 N–H and O–H groups in total. The smallest absolute Gasteiger partial charge is 0.265 e. The first-order valence-electron chi connectivity index (χ1n) is 11.5. The van der Waals surface area contributed by atoms with Gasteiger partial charge in [-0.05, 0) is 66.7 Å². The van der Waals surface area contributed by atoms with E-state index >= 15 is 0 Å². The maximum atomic E-state index is 12.9. The maximum Gasteiger partial charge on any atom is 0.265 e.